The first kappa shape index (κ1) is 15.1. The van der Waals surface area contributed by atoms with E-state index in [1.54, 1.807) is 11.0 Å². The van der Waals surface area contributed by atoms with Gasteiger partial charge in [-0.15, -0.1) is 0 Å². The Kier molecular flexibility index (Phi) is 4.55. The number of benzene rings is 1. The highest BCUT2D eigenvalue weighted by molar-refractivity contribution is 5.57. The lowest BCUT2D eigenvalue weighted by Crippen LogP contribution is -2.44. The molecule has 1 heterocycles. The number of para-hydroxylation sites is 1. The van der Waals surface area contributed by atoms with E-state index < -0.39 is 18.8 Å². The van der Waals surface area contributed by atoms with Gasteiger partial charge < -0.3 is 15.3 Å². The van der Waals surface area contributed by atoms with Crippen LogP contribution in [0.3, 0.4) is 0 Å². The molecular weight excluding hydrogens is 269 g/mol. The zero-order valence-corrected chi connectivity index (χ0v) is 11.3. The quantitative estimate of drug-likeness (QED) is 0.893. The van der Waals surface area contributed by atoms with E-state index in [-0.39, 0.29) is 6.04 Å². The van der Waals surface area contributed by atoms with E-state index >= 15 is 0 Å². The van der Waals surface area contributed by atoms with Gasteiger partial charge in [-0.1, -0.05) is 25.1 Å². The standard InChI is InChI=1S/C14H19F3N2O/c1-2-18-11-7-8-19(9-13(20)14(15,16)17)12-6-4-3-5-10(11)12/h3-6,11,13,18,20H,2,7-9H2,1H3. The van der Waals surface area contributed by atoms with Crippen molar-refractivity contribution >= 4 is 5.69 Å². The molecule has 0 saturated carbocycles. The smallest absolute Gasteiger partial charge is 0.382 e. The van der Waals surface area contributed by atoms with Crippen molar-refractivity contribution in [2.24, 2.45) is 0 Å². The first-order valence-electron chi connectivity index (χ1n) is 6.75. The van der Waals surface area contributed by atoms with Crippen molar-refractivity contribution in [1.29, 1.82) is 0 Å². The maximum Gasteiger partial charge on any atom is 0.416 e. The second kappa shape index (κ2) is 6.01. The molecule has 0 saturated heterocycles. The molecule has 0 amide bonds. The van der Waals surface area contributed by atoms with Crippen LogP contribution in [0.1, 0.15) is 24.9 Å². The predicted molar refractivity (Wildman–Crippen MR) is 71.8 cm³/mol. The Bertz CT molecular complexity index is 450. The SMILES string of the molecule is CCNC1CCN(CC(O)C(F)(F)F)c2ccccc21. The van der Waals surface area contributed by atoms with Crippen LogP contribution in [0.2, 0.25) is 0 Å². The molecule has 0 fully saturated rings. The third kappa shape index (κ3) is 3.24. The Hall–Kier alpha value is -1.27. The number of rotatable bonds is 4. The predicted octanol–water partition coefficient (Wildman–Crippen LogP) is 2.47. The molecule has 1 aliphatic rings. The van der Waals surface area contributed by atoms with Gasteiger partial charge in [0.05, 0.1) is 6.54 Å². The van der Waals surface area contributed by atoms with Gasteiger partial charge in [0.2, 0.25) is 0 Å². The van der Waals surface area contributed by atoms with E-state index in [4.69, 9.17) is 0 Å². The number of alkyl halides is 3. The lowest BCUT2D eigenvalue weighted by Gasteiger charge is -2.37. The van der Waals surface area contributed by atoms with Crippen LogP contribution in [0, 0.1) is 0 Å². The van der Waals surface area contributed by atoms with Crippen LogP contribution in [0.25, 0.3) is 0 Å². The first-order valence-corrected chi connectivity index (χ1v) is 6.75. The van der Waals surface area contributed by atoms with E-state index in [1.807, 2.05) is 25.1 Å². The molecule has 0 spiro atoms. The van der Waals surface area contributed by atoms with Crippen LogP contribution in [0.4, 0.5) is 18.9 Å². The van der Waals surface area contributed by atoms with E-state index in [2.05, 4.69) is 5.32 Å². The maximum atomic E-state index is 12.5. The highest BCUT2D eigenvalue weighted by Crippen LogP contribution is 2.34. The first-order chi connectivity index (χ1) is 9.43. The Labute approximate surface area is 116 Å². The summed E-state index contributed by atoms with van der Waals surface area (Å²) in [5.74, 6) is 0. The molecular formula is C14H19F3N2O. The van der Waals surface area contributed by atoms with Gasteiger partial charge in [-0.2, -0.15) is 13.2 Å². The second-order valence-electron chi connectivity index (χ2n) is 4.96. The number of aliphatic hydroxyl groups is 1. The van der Waals surface area contributed by atoms with Gasteiger partial charge in [0, 0.05) is 18.3 Å². The summed E-state index contributed by atoms with van der Waals surface area (Å²) < 4.78 is 37.5. The van der Waals surface area contributed by atoms with Gasteiger partial charge in [0.15, 0.2) is 6.10 Å². The Morgan fingerprint density at radius 1 is 1.40 bits per heavy atom. The van der Waals surface area contributed by atoms with Crippen LogP contribution in [0.5, 0.6) is 0 Å². The zero-order chi connectivity index (χ0) is 14.8. The summed E-state index contributed by atoms with van der Waals surface area (Å²) in [4.78, 5) is 1.61. The minimum absolute atomic E-state index is 0.162. The molecule has 112 valence electrons. The normalized spacial score (nSPS) is 20.6. The van der Waals surface area contributed by atoms with Gasteiger partial charge in [-0.05, 0) is 24.6 Å². The number of fused-ring (bicyclic) bond motifs is 1. The highest BCUT2D eigenvalue weighted by Gasteiger charge is 2.40. The summed E-state index contributed by atoms with van der Waals surface area (Å²) in [6, 6.07) is 7.58. The molecule has 0 aromatic heterocycles. The summed E-state index contributed by atoms with van der Waals surface area (Å²) >= 11 is 0. The van der Waals surface area contributed by atoms with Gasteiger partial charge in [0.25, 0.3) is 0 Å². The molecule has 1 aliphatic heterocycles. The van der Waals surface area contributed by atoms with Gasteiger partial charge >= 0.3 is 6.18 Å². The molecule has 20 heavy (non-hydrogen) atoms. The summed E-state index contributed by atoms with van der Waals surface area (Å²) in [5, 5.41) is 12.6. The van der Waals surface area contributed by atoms with Crippen LogP contribution >= 0.6 is 0 Å². The van der Waals surface area contributed by atoms with Crippen LogP contribution in [-0.2, 0) is 0 Å². The zero-order valence-electron chi connectivity index (χ0n) is 11.3. The van der Waals surface area contributed by atoms with Crippen LogP contribution in [-0.4, -0.2) is 37.0 Å². The highest BCUT2D eigenvalue weighted by atomic mass is 19.4. The number of aliphatic hydroxyl groups excluding tert-OH is 1. The van der Waals surface area contributed by atoms with Gasteiger partial charge in [-0.3, -0.25) is 0 Å². The molecule has 6 heteroatoms. The lowest BCUT2D eigenvalue weighted by molar-refractivity contribution is -0.200. The minimum Gasteiger partial charge on any atom is -0.382 e. The maximum absolute atomic E-state index is 12.5. The van der Waals surface area contributed by atoms with Crippen molar-refractivity contribution in [3.8, 4) is 0 Å². The Balaban J connectivity index is 2.19. The summed E-state index contributed by atoms with van der Waals surface area (Å²) in [6.07, 6.45) is -6.16. The number of halogens is 3. The summed E-state index contributed by atoms with van der Waals surface area (Å²) in [7, 11) is 0. The average molecular weight is 288 g/mol. The summed E-state index contributed by atoms with van der Waals surface area (Å²) in [5.41, 5.74) is 1.77. The topological polar surface area (TPSA) is 35.5 Å². The second-order valence-corrected chi connectivity index (χ2v) is 4.96. The Morgan fingerprint density at radius 3 is 2.75 bits per heavy atom. The fraction of sp³-hybridized carbons (Fsp3) is 0.571. The molecule has 2 N–H and O–H groups in total. The monoisotopic (exact) mass is 288 g/mol. The molecule has 2 rings (SSSR count). The van der Waals surface area contributed by atoms with Crippen molar-refractivity contribution in [3.63, 3.8) is 0 Å². The van der Waals surface area contributed by atoms with Crippen molar-refractivity contribution in [1.82, 2.24) is 5.32 Å². The van der Waals surface area contributed by atoms with E-state index in [9.17, 15) is 18.3 Å². The largest absolute Gasteiger partial charge is 0.416 e. The van der Waals surface area contributed by atoms with Gasteiger partial charge in [0.1, 0.15) is 0 Å². The van der Waals surface area contributed by atoms with Crippen LogP contribution in [0.15, 0.2) is 24.3 Å². The summed E-state index contributed by atoms with van der Waals surface area (Å²) in [6.45, 7) is 2.90. The van der Waals surface area contributed by atoms with Gasteiger partial charge in [-0.25, -0.2) is 0 Å². The number of anilines is 1. The molecule has 2 unspecified atom stereocenters. The molecule has 0 radical (unpaired) electrons. The Morgan fingerprint density at radius 2 is 2.10 bits per heavy atom. The number of β-amino-alcohol motifs (C(OH)–C–C–N with tert-alkyl or cyclic N) is 1. The lowest BCUT2D eigenvalue weighted by atomic mass is 9.96. The van der Waals surface area contributed by atoms with Crippen LogP contribution < -0.4 is 10.2 Å². The molecule has 3 nitrogen and oxygen atoms in total. The molecule has 1 aromatic rings. The third-order valence-electron chi connectivity index (χ3n) is 3.56. The molecule has 0 bridgehead atoms. The minimum atomic E-state index is -4.58. The van der Waals surface area contributed by atoms with Crippen molar-refractivity contribution in [2.45, 2.75) is 31.7 Å². The number of hydrogen-bond donors (Lipinski definition) is 2. The van der Waals surface area contributed by atoms with E-state index in [1.165, 1.54) is 0 Å². The molecule has 2 atom stereocenters. The van der Waals surface area contributed by atoms with Crippen molar-refractivity contribution in [3.05, 3.63) is 29.8 Å². The van der Waals surface area contributed by atoms with Crippen molar-refractivity contribution < 1.29 is 18.3 Å². The van der Waals surface area contributed by atoms with E-state index in [0.717, 1.165) is 24.2 Å². The molecule has 1 aromatic carbocycles. The average Bonchev–Trinajstić information content (AvgIpc) is 2.40. The number of nitrogens with zero attached hydrogens (tertiary/aromatic N) is 1. The number of hydrogen-bond acceptors (Lipinski definition) is 3. The van der Waals surface area contributed by atoms with Crippen molar-refractivity contribution in [2.75, 3.05) is 24.5 Å². The fourth-order valence-electron chi connectivity index (χ4n) is 2.59. The fourth-order valence-corrected chi connectivity index (χ4v) is 2.59. The van der Waals surface area contributed by atoms with E-state index in [0.29, 0.717) is 6.54 Å². The number of nitrogens with one attached hydrogen (secondary N) is 1. The third-order valence-corrected chi connectivity index (χ3v) is 3.56. The molecule has 0 aliphatic carbocycles.